The van der Waals surface area contributed by atoms with Crippen LogP contribution >= 0.6 is 0 Å². The standard InChI is InChI=1S/C18H22N2O3/c21-17(20-12-18(22)9-3-1-2-4-10-18)15-7-5-14(6-8-15)16-11-19-13-23-16/h5-8,11,13,22H,1-4,9-10,12H2,(H,20,21). The predicted molar refractivity (Wildman–Crippen MR) is 86.9 cm³/mol. The van der Waals surface area contributed by atoms with Crippen molar-refractivity contribution in [2.45, 2.75) is 44.1 Å². The van der Waals surface area contributed by atoms with Crippen molar-refractivity contribution >= 4 is 5.91 Å². The van der Waals surface area contributed by atoms with Crippen LogP contribution in [0, 0.1) is 0 Å². The third-order valence-electron chi connectivity index (χ3n) is 4.48. The zero-order chi connectivity index (χ0) is 16.1. The van der Waals surface area contributed by atoms with E-state index in [1.165, 1.54) is 19.2 Å². The molecule has 1 saturated carbocycles. The molecular formula is C18H22N2O3. The van der Waals surface area contributed by atoms with Crippen molar-refractivity contribution in [1.29, 1.82) is 0 Å². The quantitative estimate of drug-likeness (QED) is 0.850. The maximum Gasteiger partial charge on any atom is 0.251 e. The lowest BCUT2D eigenvalue weighted by Crippen LogP contribution is -2.42. The lowest BCUT2D eigenvalue weighted by atomic mass is 9.94. The number of hydrogen-bond acceptors (Lipinski definition) is 4. The van der Waals surface area contributed by atoms with Crippen molar-refractivity contribution in [2.24, 2.45) is 0 Å². The van der Waals surface area contributed by atoms with Gasteiger partial charge in [-0.05, 0) is 25.0 Å². The fourth-order valence-electron chi connectivity index (χ4n) is 3.05. The van der Waals surface area contributed by atoms with Crippen molar-refractivity contribution in [3.8, 4) is 11.3 Å². The molecule has 5 heteroatoms. The summed E-state index contributed by atoms with van der Waals surface area (Å²) in [4.78, 5) is 16.1. The van der Waals surface area contributed by atoms with Gasteiger partial charge in [-0.2, -0.15) is 0 Å². The van der Waals surface area contributed by atoms with Crippen LogP contribution < -0.4 is 5.32 Å². The first kappa shape index (κ1) is 15.7. The summed E-state index contributed by atoms with van der Waals surface area (Å²) in [5.41, 5.74) is 0.693. The molecule has 0 radical (unpaired) electrons. The van der Waals surface area contributed by atoms with Gasteiger partial charge in [-0.1, -0.05) is 37.8 Å². The Hall–Kier alpha value is -2.14. The van der Waals surface area contributed by atoms with Crippen LogP contribution in [0.3, 0.4) is 0 Å². The van der Waals surface area contributed by atoms with Crippen LogP contribution in [0.4, 0.5) is 0 Å². The summed E-state index contributed by atoms with van der Waals surface area (Å²) < 4.78 is 5.23. The van der Waals surface area contributed by atoms with Gasteiger partial charge in [0.15, 0.2) is 12.2 Å². The summed E-state index contributed by atoms with van der Waals surface area (Å²) in [5.74, 6) is 0.511. The highest BCUT2D eigenvalue weighted by atomic mass is 16.3. The number of hydrogen-bond donors (Lipinski definition) is 2. The Bertz CT molecular complexity index is 627. The van der Waals surface area contributed by atoms with E-state index in [1.54, 1.807) is 18.3 Å². The number of benzene rings is 1. The number of amides is 1. The Morgan fingerprint density at radius 2 is 1.87 bits per heavy atom. The highest BCUT2D eigenvalue weighted by Crippen LogP contribution is 2.26. The number of carbonyl (C=O) groups excluding carboxylic acids is 1. The average molecular weight is 314 g/mol. The molecule has 2 aromatic rings. The number of aliphatic hydroxyl groups is 1. The van der Waals surface area contributed by atoms with Gasteiger partial charge in [0.05, 0.1) is 11.8 Å². The molecule has 0 unspecified atom stereocenters. The molecule has 0 atom stereocenters. The lowest BCUT2D eigenvalue weighted by molar-refractivity contribution is 0.0246. The number of nitrogens with one attached hydrogen (secondary N) is 1. The summed E-state index contributed by atoms with van der Waals surface area (Å²) in [6.07, 6.45) is 8.92. The molecule has 1 amide bonds. The summed E-state index contributed by atoms with van der Waals surface area (Å²) in [5, 5.41) is 13.4. The van der Waals surface area contributed by atoms with Gasteiger partial charge in [0, 0.05) is 17.7 Å². The Morgan fingerprint density at radius 3 is 2.48 bits per heavy atom. The van der Waals surface area contributed by atoms with E-state index < -0.39 is 5.60 Å². The minimum Gasteiger partial charge on any atom is -0.444 e. The van der Waals surface area contributed by atoms with E-state index in [-0.39, 0.29) is 5.91 Å². The van der Waals surface area contributed by atoms with Crippen LogP contribution in [0.5, 0.6) is 0 Å². The topological polar surface area (TPSA) is 75.4 Å². The first-order chi connectivity index (χ1) is 11.2. The van der Waals surface area contributed by atoms with Crippen molar-refractivity contribution in [3.05, 3.63) is 42.4 Å². The van der Waals surface area contributed by atoms with Gasteiger partial charge >= 0.3 is 0 Å². The van der Waals surface area contributed by atoms with Crippen molar-refractivity contribution in [1.82, 2.24) is 10.3 Å². The first-order valence-electron chi connectivity index (χ1n) is 8.16. The Labute approximate surface area is 135 Å². The molecule has 0 aliphatic heterocycles. The largest absolute Gasteiger partial charge is 0.444 e. The van der Waals surface area contributed by atoms with Crippen molar-refractivity contribution < 1.29 is 14.3 Å². The maximum absolute atomic E-state index is 12.3. The van der Waals surface area contributed by atoms with Crippen LogP contribution in [0.25, 0.3) is 11.3 Å². The van der Waals surface area contributed by atoms with Crippen LogP contribution in [0.2, 0.25) is 0 Å². The maximum atomic E-state index is 12.3. The third-order valence-corrected chi connectivity index (χ3v) is 4.48. The molecular weight excluding hydrogens is 292 g/mol. The van der Waals surface area contributed by atoms with Gasteiger partial charge < -0.3 is 14.8 Å². The van der Waals surface area contributed by atoms with Gasteiger partial charge in [-0.25, -0.2) is 4.98 Å². The second kappa shape index (κ2) is 6.96. The van der Waals surface area contributed by atoms with E-state index in [9.17, 15) is 9.90 Å². The average Bonchev–Trinajstić information content (AvgIpc) is 3.02. The molecule has 1 fully saturated rings. The molecule has 5 nitrogen and oxygen atoms in total. The van der Waals surface area contributed by atoms with E-state index in [2.05, 4.69) is 10.3 Å². The lowest BCUT2D eigenvalue weighted by Gasteiger charge is -2.26. The normalized spacial score (nSPS) is 17.4. The molecule has 3 rings (SSSR count). The highest BCUT2D eigenvalue weighted by Gasteiger charge is 2.28. The Kier molecular flexibility index (Phi) is 4.76. The van der Waals surface area contributed by atoms with E-state index in [4.69, 9.17) is 4.42 Å². The van der Waals surface area contributed by atoms with Gasteiger partial charge in [0.2, 0.25) is 0 Å². The minimum atomic E-state index is -0.758. The fraction of sp³-hybridized carbons (Fsp3) is 0.444. The molecule has 0 bridgehead atoms. The molecule has 0 spiro atoms. The Balaban J connectivity index is 1.59. The number of carbonyl (C=O) groups is 1. The van der Waals surface area contributed by atoms with Gasteiger partial charge in [-0.15, -0.1) is 0 Å². The molecule has 2 N–H and O–H groups in total. The zero-order valence-electron chi connectivity index (χ0n) is 13.1. The molecule has 1 heterocycles. The summed E-state index contributed by atoms with van der Waals surface area (Å²) in [6, 6.07) is 7.17. The summed E-state index contributed by atoms with van der Waals surface area (Å²) in [7, 11) is 0. The van der Waals surface area contributed by atoms with Gasteiger partial charge in [-0.3, -0.25) is 4.79 Å². The highest BCUT2D eigenvalue weighted by molar-refractivity contribution is 5.94. The summed E-state index contributed by atoms with van der Waals surface area (Å²) in [6.45, 7) is 0.315. The van der Waals surface area contributed by atoms with Gasteiger partial charge in [0.1, 0.15) is 0 Å². The number of oxazole rings is 1. The molecule has 0 saturated heterocycles. The third kappa shape index (κ3) is 3.99. The van der Waals surface area contributed by atoms with E-state index in [1.807, 2.05) is 12.1 Å². The predicted octanol–water partition coefficient (Wildman–Crippen LogP) is 3.16. The van der Waals surface area contributed by atoms with Crippen LogP contribution in [0.15, 0.2) is 41.3 Å². The molecule has 1 aromatic heterocycles. The van der Waals surface area contributed by atoms with Gasteiger partial charge in [0.25, 0.3) is 5.91 Å². The second-order valence-corrected chi connectivity index (χ2v) is 6.26. The molecule has 122 valence electrons. The number of rotatable bonds is 4. The van der Waals surface area contributed by atoms with Crippen LogP contribution in [-0.2, 0) is 0 Å². The van der Waals surface area contributed by atoms with Crippen molar-refractivity contribution in [3.63, 3.8) is 0 Å². The van der Waals surface area contributed by atoms with E-state index in [0.717, 1.165) is 31.2 Å². The monoisotopic (exact) mass is 314 g/mol. The smallest absolute Gasteiger partial charge is 0.251 e. The van der Waals surface area contributed by atoms with Crippen molar-refractivity contribution in [2.75, 3.05) is 6.54 Å². The number of nitrogens with zero attached hydrogens (tertiary/aromatic N) is 1. The SMILES string of the molecule is O=C(NCC1(O)CCCCCC1)c1ccc(-c2cnco2)cc1. The second-order valence-electron chi connectivity index (χ2n) is 6.26. The van der Waals surface area contributed by atoms with Crippen LogP contribution in [0.1, 0.15) is 48.9 Å². The number of aromatic nitrogens is 1. The fourth-order valence-corrected chi connectivity index (χ4v) is 3.05. The molecule has 1 aromatic carbocycles. The van der Waals surface area contributed by atoms with Crippen LogP contribution in [-0.4, -0.2) is 28.1 Å². The molecule has 1 aliphatic carbocycles. The Morgan fingerprint density at radius 1 is 1.17 bits per heavy atom. The first-order valence-corrected chi connectivity index (χ1v) is 8.16. The zero-order valence-corrected chi connectivity index (χ0v) is 13.1. The molecule has 1 aliphatic rings. The van der Waals surface area contributed by atoms with E-state index in [0.29, 0.717) is 17.9 Å². The minimum absolute atomic E-state index is 0.160. The molecule has 23 heavy (non-hydrogen) atoms. The van der Waals surface area contributed by atoms with E-state index >= 15 is 0 Å². The summed E-state index contributed by atoms with van der Waals surface area (Å²) >= 11 is 0.